The van der Waals surface area contributed by atoms with Crippen LogP contribution in [0.25, 0.3) is 0 Å². The fourth-order valence-electron chi connectivity index (χ4n) is 2.43. The average Bonchev–Trinajstić information content (AvgIpc) is 2.62. The Balaban J connectivity index is 1.66. The first-order valence-corrected chi connectivity index (χ1v) is 7.86. The van der Waals surface area contributed by atoms with E-state index in [0.29, 0.717) is 12.2 Å². The Morgan fingerprint density at radius 1 is 0.875 bits per heavy atom. The summed E-state index contributed by atoms with van der Waals surface area (Å²) < 4.78 is 5.78. The summed E-state index contributed by atoms with van der Waals surface area (Å²) in [5.74, 6) is 0.852. The van der Waals surface area contributed by atoms with Gasteiger partial charge in [0.05, 0.1) is 0 Å². The molecule has 0 aliphatic rings. The highest BCUT2D eigenvalue weighted by atomic mass is 16.5. The molecule has 0 atom stereocenters. The molecule has 0 aliphatic carbocycles. The van der Waals surface area contributed by atoms with E-state index in [0.717, 1.165) is 22.7 Å². The van der Waals surface area contributed by atoms with E-state index < -0.39 is 0 Å². The number of ether oxygens (including phenoxy) is 1. The molecule has 0 saturated heterocycles. The lowest BCUT2D eigenvalue weighted by Gasteiger charge is -2.11. The van der Waals surface area contributed by atoms with E-state index in [-0.39, 0.29) is 5.78 Å². The Bertz CT molecular complexity index is 811. The monoisotopic (exact) mass is 317 g/mol. The lowest BCUT2D eigenvalue weighted by atomic mass is 10.1. The van der Waals surface area contributed by atoms with Crippen LogP contribution in [0.2, 0.25) is 0 Å². The number of anilines is 2. The van der Waals surface area contributed by atoms with Gasteiger partial charge < -0.3 is 10.1 Å². The maximum atomic E-state index is 11.7. The Kier molecular flexibility index (Phi) is 4.92. The second-order valence-corrected chi connectivity index (χ2v) is 5.53. The molecule has 3 rings (SSSR count). The predicted molar refractivity (Wildman–Crippen MR) is 96.9 cm³/mol. The van der Waals surface area contributed by atoms with Crippen molar-refractivity contribution in [3.63, 3.8) is 0 Å². The lowest BCUT2D eigenvalue weighted by Crippen LogP contribution is -2.00. The first-order chi connectivity index (χ1) is 11.7. The number of hydrogen-bond donors (Lipinski definition) is 1. The molecule has 3 aromatic rings. The van der Waals surface area contributed by atoms with Gasteiger partial charge in [-0.1, -0.05) is 42.5 Å². The van der Waals surface area contributed by atoms with Gasteiger partial charge in [0.2, 0.25) is 0 Å². The van der Waals surface area contributed by atoms with Crippen molar-refractivity contribution in [3.05, 3.63) is 90.0 Å². The molecule has 24 heavy (non-hydrogen) atoms. The summed E-state index contributed by atoms with van der Waals surface area (Å²) in [7, 11) is 0. The summed E-state index contributed by atoms with van der Waals surface area (Å²) in [6.45, 7) is 2.11. The Morgan fingerprint density at radius 2 is 1.54 bits per heavy atom. The summed E-state index contributed by atoms with van der Waals surface area (Å²) in [6, 6.07) is 25.3. The van der Waals surface area contributed by atoms with Crippen molar-refractivity contribution in [3.8, 4) is 5.75 Å². The molecule has 0 fully saturated rings. The molecule has 3 heteroatoms. The summed E-state index contributed by atoms with van der Waals surface area (Å²) >= 11 is 0. The molecule has 0 amide bonds. The fraction of sp³-hybridized carbons (Fsp3) is 0.0952. The zero-order valence-electron chi connectivity index (χ0n) is 13.5. The van der Waals surface area contributed by atoms with Crippen LogP contribution in [0.4, 0.5) is 11.4 Å². The van der Waals surface area contributed by atoms with E-state index in [9.17, 15) is 4.79 Å². The van der Waals surface area contributed by atoms with Crippen LogP contribution in [0, 0.1) is 0 Å². The Morgan fingerprint density at radius 3 is 2.25 bits per heavy atom. The molecule has 0 aromatic heterocycles. The van der Waals surface area contributed by atoms with Crippen molar-refractivity contribution in [1.82, 2.24) is 0 Å². The number of para-hydroxylation sites is 1. The standard InChI is InChI=1S/C21H19NO2/c1-16(23)20-9-5-6-10-21(20)22-18-11-13-19(14-12-18)24-15-17-7-3-2-4-8-17/h2-14,22H,15H2,1H3. The molecule has 0 aliphatic heterocycles. The minimum atomic E-state index is 0.0425. The number of Topliss-reactive ketones (excluding diaryl/α,β-unsaturated/α-hetero) is 1. The van der Waals surface area contributed by atoms with Crippen LogP contribution in [0.5, 0.6) is 5.75 Å². The van der Waals surface area contributed by atoms with Crippen LogP contribution in [-0.4, -0.2) is 5.78 Å². The van der Waals surface area contributed by atoms with Crippen molar-refractivity contribution in [2.45, 2.75) is 13.5 Å². The van der Waals surface area contributed by atoms with Crippen molar-refractivity contribution in [1.29, 1.82) is 0 Å². The van der Waals surface area contributed by atoms with Gasteiger partial charge in [0.25, 0.3) is 0 Å². The van der Waals surface area contributed by atoms with Gasteiger partial charge in [-0.05, 0) is 48.9 Å². The first kappa shape index (κ1) is 15.8. The molecule has 3 nitrogen and oxygen atoms in total. The topological polar surface area (TPSA) is 38.3 Å². The number of carbonyl (C=O) groups is 1. The average molecular weight is 317 g/mol. The smallest absolute Gasteiger partial charge is 0.161 e. The highest BCUT2D eigenvalue weighted by Gasteiger charge is 2.06. The minimum Gasteiger partial charge on any atom is -0.489 e. The molecule has 0 bridgehead atoms. The third-order valence-electron chi connectivity index (χ3n) is 3.69. The van der Waals surface area contributed by atoms with Gasteiger partial charge in [-0.15, -0.1) is 0 Å². The highest BCUT2D eigenvalue weighted by Crippen LogP contribution is 2.23. The quantitative estimate of drug-likeness (QED) is 0.634. The molecular weight excluding hydrogens is 298 g/mol. The van der Waals surface area contributed by atoms with Crippen LogP contribution in [-0.2, 0) is 6.61 Å². The van der Waals surface area contributed by atoms with Gasteiger partial charge in [-0.25, -0.2) is 0 Å². The number of benzene rings is 3. The molecule has 0 unspecified atom stereocenters. The maximum Gasteiger partial charge on any atom is 0.161 e. The van der Waals surface area contributed by atoms with Gasteiger partial charge in [-0.2, -0.15) is 0 Å². The Labute approximate surface area is 141 Å². The molecule has 0 spiro atoms. The van der Waals surface area contributed by atoms with E-state index in [2.05, 4.69) is 5.32 Å². The fourth-order valence-corrected chi connectivity index (χ4v) is 2.43. The number of hydrogen-bond acceptors (Lipinski definition) is 3. The zero-order chi connectivity index (χ0) is 16.8. The number of carbonyl (C=O) groups excluding carboxylic acids is 1. The number of nitrogens with one attached hydrogen (secondary N) is 1. The summed E-state index contributed by atoms with van der Waals surface area (Å²) in [4.78, 5) is 11.7. The van der Waals surface area contributed by atoms with Gasteiger partial charge in [-0.3, -0.25) is 4.79 Å². The van der Waals surface area contributed by atoms with Crippen LogP contribution in [0.1, 0.15) is 22.8 Å². The van der Waals surface area contributed by atoms with E-state index in [1.54, 1.807) is 6.92 Å². The van der Waals surface area contributed by atoms with Crippen molar-refractivity contribution in [2.75, 3.05) is 5.32 Å². The molecule has 1 N–H and O–H groups in total. The minimum absolute atomic E-state index is 0.0425. The van der Waals surface area contributed by atoms with Gasteiger partial charge in [0, 0.05) is 16.9 Å². The zero-order valence-corrected chi connectivity index (χ0v) is 13.5. The number of rotatable bonds is 6. The van der Waals surface area contributed by atoms with Crippen molar-refractivity contribution in [2.24, 2.45) is 0 Å². The predicted octanol–water partition coefficient (Wildman–Crippen LogP) is 5.21. The molecule has 0 heterocycles. The maximum absolute atomic E-state index is 11.7. The largest absolute Gasteiger partial charge is 0.489 e. The molecule has 3 aromatic carbocycles. The second-order valence-electron chi connectivity index (χ2n) is 5.53. The van der Waals surface area contributed by atoms with E-state index in [4.69, 9.17) is 4.74 Å². The van der Waals surface area contributed by atoms with Crippen LogP contribution in [0.15, 0.2) is 78.9 Å². The highest BCUT2D eigenvalue weighted by molar-refractivity contribution is 6.00. The molecule has 0 saturated carbocycles. The molecular formula is C21H19NO2. The van der Waals surface area contributed by atoms with E-state index >= 15 is 0 Å². The van der Waals surface area contributed by atoms with Crippen molar-refractivity contribution < 1.29 is 9.53 Å². The van der Waals surface area contributed by atoms with Gasteiger partial charge in [0.1, 0.15) is 12.4 Å². The summed E-state index contributed by atoms with van der Waals surface area (Å²) in [5.41, 5.74) is 3.54. The Hall–Kier alpha value is -3.07. The first-order valence-electron chi connectivity index (χ1n) is 7.86. The second kappa shape index (κ2) is 7.47. The van der Waals surface area contributed by atoms with E-state index in [1.807, 2.05) is 78.9 Å². The van der Waals surface area contributed by atoms with E-state index in [1.165, 1.54) is 0 Å². The molecule has 0 radical (unpaired) electrons. The van der Waals surface area contributed by atoms with Gasteiger partial charge in [0.15, 0.2) is 5.78 Å². The molecule has 120 valence electrons. The SMILES string of the molecule is CC(=O)c1ccccc1Nc1ccc(OCc2ccccc2)cc1. The summed E-state index contributed by atoms with van der Waals surface area (Å²) in [5, 5.41) is 3.28. The van der Waals surface area contributed by atoms with Gasteiger partial charge >= 0.3 is 0 Å². The van der Waals surface area contributed by atoms with Crippen LogP contribution in [0.3, 0.4) is 0 Å². The normalized spacial score (nSPS) is 10.2. The van der Waals surface area contributed by atoms with Crippen LogP contribution < -0.4 is 10.1 Å². The number of ketones is 1. The van der Waals surface area contributed by atoms with Crippen molar-refractivity contribution >= 4 is 17.2 Å². The van der Waals surface area contributed by atoms with Crippen LogP contribution >= 0.6 is 0 Å². The third-order valence-corrected chi connectivity index (χ3v) is 3.69. The summed E-state index contributed by atoms with van der Waals surface area (Å²) in [6.07, 6.45) is 0. The lowest BCUT2D eigenvalue weighted by molar-refractivity contribution is 0.101. The third kappa shape index (κ3) is 4.02.